The molecular formula is C24H28N7O5P. The predicted molar refractivity (Wildman–Crippen MR) is 138 cm³/mol. The number of benzene rings is 1. The molecule has 0 atom stereocenters. The van der Waals surface area contributed by atoms with Crippen LogP contribution in [0.3, 0.4) is 0 Å². The summed E-state index contributed by atoms with van der Waals surface area (Å²) in [6.45, 7) is 0. The molecule has 0 bridgehead atoms. The molecule has 37 heavy (non-hydrogen) atoms. The van der Waals surface area contributed by atoms with Gasteiger partial charge >= 0.3 is 6.09 Å². The van der Waals surface area contributed by atoms with E-state index in [0.29, 0.717) is 22.7 Å². The molecule has 12 nitrogen and oxygen atoms in total. The van der Waals surface area contributed by atoms with Crippen molar-refractivity contribution in [2.75, 3.05) is 24.9 Å². The lowest BCUT2D eigenvalue weighted by Gasteiger charge is -2.17. The molecule has 2 heterocycles. The van der Waals surface area contributed by atoms with Crippen LogP contribution in [0, 0.1) is 0 Å². The summed E-state index contributed by atoms with van der Waals surface area (Å²) in [7, 11) is 2.05. The molecule has 2 aliphatic carbocycles. The maximum absolute atomic E-state index is 14.1. The van der Waals surface area contributed by atoms with E-state index >= 15 is 0 Å². The molecule has 2 aromatic heterocycles. The number of methoxy groups -OCH3 is 2. The van der Waals surface area contributed by atoms with Gasteiger partial charge in [-0.25, -0.2) is 4.79 Å². The number of nitrogens with two attached hydrogens (primary N) is 1. The summed E-state index contributed by atoms with van der Waals surface area (Å²) in [5.74, 6) is -0.297. The Hall–Kier alpha value is -3.92. The number of rotatable bonds is 9. The van der Waals surface area contributed by atoms with Crippen molar-refractivity contribution < 1.29 is 23.6 Å². The van der Waals surface area contributed by atoms with E-state index in [2.05, 4.69) is 25.6 Å². The molecule has 0 unspecified atom stereocenters. The first-order valence-electron chi connectivity index (χ1n) is 11.9. The van der Waals surface area contributed by atoms with E-state index in [1.165, 1.54) is 20.3 Å². The van der Waals surface area contributed by atoms with E-state index in [4.69, 9.17) is 15.6 Å². The molecule has 13 heteroatoms. The average molecular weight is 526 g/mol. The zero-order chi connectivity index (χ0) is 26.3. The molecule has 2 fully saturated rings. The zero-order valence-corrected chi connectivity index (χ0v) is 21.6. The molecule has 0 aliphatic heterocycles. The van der Waals surface area contributed by atoms with Crippen LogP contribution in [0.2, 0.25) is 0 Å². The van der Waals surface area contributed by atoms with Gasteiger partial charge in [0.25, 0.3) is 5.91 Å². The van der Waals surface area contributed by atoms with Gasteiger partial charge in [-0.1, -0.05) is 6.07 Å². The van der Waals surface area contributed by atoms with Crippen LogP contribution < -0.4 is 26.5 Å². The average Bonchev–Trinajstić information content (AvgIpc) is 3.80. The number of nitrogens with zero attached hydrogens (tertiary/aromatic N) is 4. The first-order valence-corrected chi connectivity index (χ1v) is 13.7. The maximum Gasteiger partial charge on any atom is 0.412 e. The number of carbonyl (C=O) groups excluding carboxylic acids is 2. The molecule has 4 N–H and O–H groups in total. The molecule has 0 spiro atoms. The molecule has 194 valence electrons. The molecule has 2 aliphatic rings. The fourth-order valence-corrected chi connectivity index (χ4v) is 8.59. The van der Waals surface area contributed by atoms with Crippen LogP contribution in [0.1, 0.15) is 36.2 Å². The van der Waals surface area contributed by atoms with Crippen molar-refractivity contribution in [2.45, 2.75) is 37.0 Å². The Kier molecular flexibility index (Phi) is 6.36. The third-order valence-corrected chi connectivity index (χ3v) is 10.9. The van der Waals surface area contributed by atoms with E-state index < -0.39 is 19.1 Å². The molecule has 2 saturated carbocycles. The number of ether oxygens (including phenoxy) is 2. The van der Waals surface area contributed by atoms with E-state index in [1.807, 2.05) is 25.2 Å². The zero-order valence-electron chi connectivity index (χ0n) is 20.7. The number of amides is 2. The molecular weight excluding hydrogens is 497 g/mol. The van der Waals surface area contributed by atoms with Crippen LogP contribution in [0.5, 0.6) is 5.75 Å². The molecule has 0 saturated heterocycles. The lowest BCUT2D eigenvalue weighted by molar-refractivity contribution is 0.0995. The van der Waals surface area contributed by atoms with E-state index in [9.17, 15) is 14.2 Å². The minimum atomic E-state index is -2.53. The molecule has 2 amide bonds. The lowest BCUT2D eigenvalue weighted by Crippen LogP contribution is -2.20. The van der Waals surface area contributed by atoms with Gasteiger partial charge in [-0.15, -0.1) is 10.2 Å². The summed E-state index contributed by atoms with van der Waals surface area (Å²) in [5.41, 5.74) is 8.72. The second-order valence-corrected chi connectivity index (χ2v) is 12.5. The number of aromatic nitrogens is 4. The van der Waals surface area contributed by atoms with Gasteiger partial charge in [0.15, 0.2) is 17.3 Å². The smallest absolute Gasteiger partial charge is 0.412 e. The Morgan fingerprint density at radius 1 is 1.08 bits per heavy atom. The first kappa shape index (κ1) is 24.8. The van der Waals surface area contributed by atoms with E-state index in [0.717, 1.165) is 31.1 Å². The monoisotopic (exact) mass is 525 g/mol. The van der Waals surface area contributed by atoms with Crippen molar-refractivity contribution in [1.82, 2.24) is 20.0 Å². The van der Waals surface area contributed by atoms with Crippen LogP contribution in [0.25, 0.3) is 11.3 Å². The van der Waals surface area contributed by atoms with Crippen LogP contribution in [0.4, 0.5) is 22.0 Å². The fourth-order valence-electron chi connectivity index (χ4n) is 4.59. The number of primary amides is 1. The van der Waals surface area contributed by atoms with Crippen molar-refractivity contribution in [2.24, 2.45) is 12.8 Å². The number of hydrogen-bond acceptors (Lipinski definition) is 9. The minimum absolute atomic E-state index is 0.0553. The number of carbonyl (C=O) groups is 2. The Balaban J connectivity index is 1.52. The van der Waals surface area contributed by atoms with Crippen LogP contribution in [-0.2, 0) is 16.3 Å². The summed E-state index contributed by atoms with van der Waals surface area (Å²) in [4.78, 5) is 23.6. The van der Waals surface area contributed by atoms with Gasteiger partial charge in [-0.2, -0.15) is 5.10 Å². The van der Waals surface area contributed by atoms with Gasteiger partial charge in [-0.05, 0) is 43.9 Å². The topological polar surface area (TPSA) is 163 Å². The van der Waals surface area contributed by atoms with Gasteiger partial charge in [0.05, 0.1) is 36.7 Å². The summed E-state index contributed by atoms with van der Waals surface area (Å²) < 4.78 is 26.2. The third kappa shape index (κ3) is 4.64. The van der Waals surface area contributed by atoms with Gasteiger partial charge in [-0.3, -0.25) is 14.8 Å². The van der Waals surface area contributed by atoms with Gasteiger partial charge < -0.3 is 25.1 Å². The van der Waals surface area contributed by atoms with Crippen molar-refractivity contribution >= 4 is 41.8 Å². The highest BCUT2D eigenvalue weighted by Gasteiger charge is 2.53. The lowest BCUT2D eigenvalue weighted by atomic mass is 10.1. The van der Waals surface area contributed by atoms with E-state index in [-0.39, 0.29) is 28.5 Å². The van der Waals surface area contributed by atoms with Crippen molar-refractivity contribution in [3.63, 3.8) is 0 Å². The van der Waals surface area contributed by atoms with Crippen LogP contribution in [-0.4, -0.2) is 57.5 Å². The molecule has 1 aromatic carbocycles. The van der Waals surface area contributed by atoms with Crippen molar-refractivity contribution in [3.8, 4) is 17.0 Å². The Morgan fingerprint density at radius 3 is 2.38 bits per heavy atom. The quantitative estimate of drug-likeness (QED) is 0.356. The minimum Gasteiger partial charge on any atom is -0.494 e. The van der Waals surface area contributed by atoms with Crippen LogP contribution >= 0.6 is 7.14 Å². The summed E-state index contributed by atoms with van der Waals surface area (Å²) in [6, 6.07) is 8.75. The molecule has 5 rings (SSSR count). The second kappa shape index (κ2) is 9.51. The number of hydrogen-bond donors (Lipinski definition) is 3. The van der Waals surface area contributed by atoms with Crippen molar-refractivity contribution in [3.05, 3.63) is 36.0 Å². The Bertz CT molecular complexity index is 1410. The predicted octanol–water partition coefficient (Wildman–Crippen LogP) is 3.22. The maximum atomic E-state index is 14.1. The highest BCUT2D eigenvalue weighted by molar-refractivity contribution is 7.73. The van der Waals surface area contributed by atoms with Crippen LogP contribution in [0.15, 0.2) is 30.3 Å². The first-order chi connectivity index (χ1) is 17.8. The summed E-state index contributed by atoms with van der Waals surface area (Å²) >= 11 is 0. The molecule has 3 aromatic rings. The van der Waals surface area contributed by atoms with Gasteiger partial charge in [0, 0.05) is 30.0 Å². The standard InChI is InChI=1S/C24H28N7O5P/c1-31-20(37(34,13-7-8-13)14-9-10-14)12-17(30-31)15-5-4-6-16(22(15)35-2)26-18-11-19(27-24(33)36-3)28-29-21(18)23(25)32/h4-6,11-14H,7-10H2,1-3H3,(H2,25,32)(H2,26,27,28,33). The second-order valence-electron chi connectivity index (χ2n) is 9.17. The number of aryl methyl sites for hydroxylation is 1. The van der Waals surface area contributed by atoms with Gasteiger partial charge in [0.1, 0.15) is 7.14 Å². The highest BCUT2D eigenvalue weighted by atomic mass is 31.2. The number of nitrogens with one attached hydrogen (secondary N) is 2. The normalized spacial score (nSPS) is 15.2. The summed E-state index contributed by atoms with van der Waals surface area (Å²) in [6.07, 6.45) is 3.28. The summed E-state index contributed by atoms with van der Waals surface area (Å²) in [5, 5.41) is 17.9. The number of para-hydroxylation sites is 1. The van der Waals surface area contributed by atoms with Gasteiger partial charge in [0.2, 0.25) is 0 Å². The third-order valence-electron chi connectivity index (χ3n) is 6.60. The van der Waals surface area contributed by atoms with E-state index in [1.54, 1.807) is 10.7 Å². The Morgan fingerprint density at radius 2 is 1.78 bits per heavy atom. The highest BCUT2D eigenvalue weighted by Crippen LogP contribution is 2.69. The fraction of sp³-hybridized carbons (Fsp3) is 0.375. The van der Waals surface area contributed by atoms with Crippen molar-refractivity contribution in [1.29, 1.82) is 0 Å². The largest absolute Gasteiger partial charge is 0.494 e. The Labute approximate surface area is 213 Å². The number of anilines is 3. The molecule has 0 radical (unpaired) electrons. The SMILES string of the molecule is COC(=O)Nc1cc(Nc2cccc(-c3cc(P(=O)(C4CC4)C4CC4)n(C)n3)c2OC)c(C(N)=O)nn1.